The van der Waals surface area contributed by atoms with Crippen LogP contribution in [0.3, 0.4) is 0 Å². The lowest BCUT2D eigenvalue weighted by Gasteiger charge is -2.54. The normalized spacial score (nSPS) is 16.9. The van der Waals surface area contributed by atoms with Crippen LogP contribution in [-0.2, 0) is 11.8 Å². The fraction of sp³-hybridized carbons (Fsp3) is 0.417. The Balaban J connectivity index is 1.38. The zero-order chi connectivity index (χ0) is 24.6. The van der Waals surface area contributed by atoms with Crippen molar-refractivity contribution in [2.45, 2.75) is 26.4 Å². The van der Waals surface area contributed by atoms with Crippen molar-refractivity contribution in [2.24, 2.45) is 12.5 Å². The number of piperidine rings is 1. The molecule has 0 atom stereocenters. The molecule has 0 radical (unpaired) electrons. The number of ether oxygens (including phenoxy) is 1. The van der Waals surface area contributed by atoms with Crippen molar-refractivity contribution >= 4 is 23.4 Å². The molecular formula is C24H27F2N7O2. The van der Waals surface area contributed by atoms with Crippen LogP contribution in [0.1, 0.15) is 19.8 Å². The summed E-state index contributed by atoms with van der Waals surface area (Å²) in [5, 5.41) is 3.10. The highest BCUT2D eigenvalue weighted by molar-refractivity contribution is 5.73. The second-order valence-corrected chi connectivity index (χ2v) is 9.24. The van der Waals surface area contributed by atoms with Crippen LogP contribution in [0.25, 0.3) is 11.4 Å². The molecule has 0 saturated carbocycles. The molecule has 5 rings (SSSR count). The number of pyridine rings is 1. The van der Waals surface area contributed by atoms with Crippen LogP contribution in [0, 0.1) is 5.41 Å². The number of alkyl halides is 2. The van der Waals surface area contributed by atoms with Gasteiger partial charge < -0.3 is 24.4 Å². The fourth-order valence-electron chi connectivity index (χ4n) is 4.75. The predicted octanol–water partition coefficient (Wildman–Crippen LogP) is 3.67. The summed E-state index contributed by atoms with van der Waals surface area (Å²) in [7, 11) is 1.93. The average molecular weight is 484 g/mol. The lowest BCUT2D eigenvalue weighted by atomic mass is 9.72. The quantitative estimate of drug-likeness (QED) is 0.572. The fourth-order valence-corrected chi connectivity index (χ4v) is 4.75. The van der Waals surface area contributed by atoms with Gasteiger partial charge in [-0.05, 0) is 25.0 Å². The summed E-state index contributed by atoms with van der Waals surface area (Å²) >= 11 is 0. The van der Waals surface area contributed by atoms with Crippen molar-refractivity contribution in [3.63, 3.8) is 0 Å². The van der Waals surface area contributed by atoms with E-state index >= 15 is 0 Å². The van der Waals surface area contributed by atoms with Gasteiger partial charge in [0.05, 0.1) is 0 Å². The highest BCUT2D eigenvalue weighted by Gasteiger charge is 2.45. The Morgan fingerprint density at radius 1 is 1.14 bits per heavy atom. The summed E-state index contributed by atoms with van der Waals surface area (Å²) in [5.41, 5.74) is 1.06. The van der Waals surface area contributed by atoms with E-state index in [0.29, 0.717) is 17.5 Å². The molecular weight excluding hydrogens is 456 g/mol. The summed E-state index contributed by atoms with van der Waals surface area (Å²) in [5.74, 6) is 2.31. The van der Waals surface area contributed by atoms with Gasteiger partial charge in [-0.15, -0.1) is 0 Å². The van der Waals surface area contributed by atoms with E-state index < -0.39 is 6.61 Å². The van der Waals surface area contributed by atoms with Crippen molar-refractivity contribution in [1.82, 2.24) is 24.4 Å². The third-order valence-corrected chi connectivity index (χ3v) is 6.66. The minimum atomic E-state index is -2.92. The molecule has 0 aromatic carbocycles. The smallest absolute Gasteiger partial charge is 0.387 e. The van der Waals surface area contributed by atoms with E-state index in [9.17, 15) is 13.6 Å². The molecule has 3 aromatic rings. The molecule has 184 valence electrons. The van der Waals surface area contributed by atoms with Crippen LogP contribution in [-0.4, -0.2) is 63.1 Å². The number of likely N-dealkylation sites (tertiary alicyclic amines) is 1. The van der Waals surface area contributed by atoms with Gasteiger partial charge in [0, 0.05) is 81.9 Å². The van der Waals surface area contributed by atoms with Gasteiger partial charge in [-0.1, -0.05) is 0 Å². The maximum Gasteiger partial charge on any atom is 0.387 e. The number of nitrogens with zero attached hydrogens (tertiary/aromatic N) is 6. The lowest BCUT2D eigenvalue weighted by Crippen LogP contribution is -2.61. The summed E-state index contributed by atoms with van der Waals surface area (Å²) in [6.45, 7) is 2.01. The van der Waals surface area contributed by atoms with Crippen molar-refractivity contribution in [3.8, 4) is 17.1 Å². The van der Waals surface area contributed by atoms with E-state index in [1.165, 1.54) is 18.3 Å². The van der Waals surface area contributed by atoms with Crippen LogP contribution >= 0.6 is 0 Å². The lowest BCUT2D eigenvalue weighted by molar-refractivity contribution is -0.131. The van der Waals surface area contributed by atoms with Crippen LogP contribution in [0.2, 0.25) is 0 Å². The monoisotopic (exact) mass is 483 g/mol. The van der Waals surface area contributed by atoms with Gasteiger partial charge in [-0.2, -0.15) is 8.78 Å². The molecule has 35 heavy (non-hydrogen) atoms. The van der Waals surface area contributed by atoms with E-state index in [4.69, 9.17) is 4.98 Å². The van der Waals surface area contributed by atoms with Crippen molar-refractivity contribution in [1.29, 1.82) is 0 Å². The molecule has 2 aliphatic heterocycles. The number of aromatic nitrogens is 4. The molecule has 2 aliphatic rings. The van der Waals surface area contributed by atoms with Gasteiger partial charge in [0.1, 0.15) is 23.2 Å². The van der Waals surface area contributed by atoms with E-state index in [2.05, 4.69) is 24.9 Å². The number of aryl methyl sites for hydroxylation is 1. The maximum absolute atomic E-state index is 12.6. The number of hydrogen-bond donors (Lipinski definition) is 1. The summed E-state index contributed by atoms with van der Waals surface area (Å²) in [4.78, 5) is 29.5. The zero-order valence-corrected chi connectivity index (χ0v) is 19.6. The molecule has 0 unspecified atom stereocenters. The highest BCUT2D eigenvalue weighted by atomic mass is 19.3. The number of anilines is 3. The van der Waals surface area contributed by atoms with Crippen LogP contribution in [0.5, 0.6) is 5.75 Å². The van der Waals surface area contributed by atoms with Crippen molar-refractivity contribution < 1.29 is 18.3 Å². The molecule has 5 heterocycles. The van der Waals surface area contributed by atoms with Crippen LogP contribution in [0.4, 0.5) is 26.2 Å². The number of nitrogens with one attached hydrogen (secondary N) is 1. The van der Waals surface area contributed by atoms with Gasteiger partial charge in [0.2, 0.25) is 5.91 Å². The Labute approximate surface area is 201 Å². The first-order chi connectivity index (χ1) is 16.8. The van der Waals surface area contributed by atoms with Gasteiger partial charge >= 0.3 is 6.61 Å². The summed E-state index contributed by atoms with van der Waals surface area (Å²) in [6, 6.07) is 6.55. The number of carbonyl (C=O) groups is 1. The standard InChI is InChI=1S/C24H27F2N7O2/c1-16(34)32-9-5-24(6-10-32)14-33(15-24)21-12-20(29-22(30-21)17-4-8-31(2)13-17)28-19-11-18(3-7-27-19)35-23(25)26/h3-4,7-8,11-13,23H,5-6,9-10,14-15H2,1-2H3,(H,27,28,29,30). The van der Waals surface area contributed by atoms with Gasteiger partial charge in [0.25, 0.3) is 0 Å². The van der Waals surface area contributed by atoms with Gasteiger partial charge in [-0.3, -0.25) is 4.79 Å². The number of hydrogen-bond acceptors (Lipinski definition) is 7. The topological polar surface area (TPSA) is 88.4 Å². The third kappa shape index (κ3) is 5.03. The first-order valence-electron chi connectivity index (χ1n) is 11.5. The molecule has 1 amide bonds. The number of halogens is 2. The van der Waals surface area contributed by atoms with Crippen LogP contribution < -0.4 is 15.0 Å². The molecule has 3 aromatic heterocycles. The molecule has 2 fully saturated rings. The minimum Gasteiger partial charge on any atom is -0.435 e. The number of carbonyl (C=O) groups excluding carboxylic acids is 1. The minimum absolute atomic E-state index is 0.0108. The van der Waals surface area contributed by atoms with Crippen LogP contribution in [0.15, 0.2) is 42.9 Å². The third-order valence-electron chi connectivity index (χ3n) is 6.66. The Hall–Kier alpha value is -3.76. The number of rotatable bonds is 6. The Bertz CT molecular complexity index is 1220. The van der Waals surface area contributed by atoms with Crippen molar-refractivity contribution in [2.75, 3.05) is 36.4 Å². The largest absolute Gasteiger partial charge is 0.435 e. The summed E-state index contributed by atoms with van der Waals surface area (Å²) < 4.78 is 31.6. The Morgan fingerprint density at radius 3 is 2.57 bits per heavy atom. The molecule has 9 nitrogen and oxygen atoms in total. The molecule has 2 saturated heterocycles. The van der Waals surface area contributed by atoms with E-state index in [0.717, 1.165) is 50.4 Å². The predicted molar refractivity (Wildman–Crippen MR) is 127 cm³/mol. The first kappa shape index (κ1) is 23.0. The molecule has 1 spiro atoms. The van der Waals surface area contributed by atoms with Gasteiger partial charge in [0.15, 0.2) is 5.82 Å². The first-order valence-corrected chi connectivity index (χ1v) is 11.5. The second-order valence-electron chi connectivity index (χ2n) is 9.24. The van der Waals surface area contributed by atoms with Gasteiger partial charge in [-0.25, -0.2) is 15.0 Å². The average Bonchev–Trinajstić information content (AvgIpc) is 3.23. The molecule has 1 N–H and O–H groups in total. The van der Waals surface area contributed by atoms with E-state index in [-0.39, 0.29) is 17.1 Å². The Morgan fingerprint density at radius 2 is 1.91 bits per heavy atom. The molecule has 11 heteroatoms. The SMILES string of the molecule is CC(=O)N1CCC2(CC1)CN(c1cc(Nc3cc(OC(F)F)ccn3)nc(-c3ccn(C)c3)n1)C2. The number of amides is 1. The maximum atomic E-state index is 12.6. The molecule has 0 aliphatic carbocycles. The highest BCUT2D eigenvalue weighted by Crippen LogP contribution is 2.42. The van der Waals surface area contributed by atoms with E-state index in [1.807, 2.05) is 41.0 Å². The second kappa shape index (κ2) is 9.12. The zero-order valence-electron chi connectivity index (χ0n) is 19.6. The Kier molecular flexibility index (Phi) is 6.00. The van der Waals surface area contributed by atoms with E-state index in [1.54, 1.807) is 6.92 Å². The summed E-state index contributed by atoms with van der Waals surface area (Å²) in [6.07, 6.45) is 7.21. The molecule has 0 bridgehead atoms. The van der Waals surface area contributed by atoms with Crippen molar-refractivity contribution in [3.05, 3.63) is 42.9 Å².